The summed E-state index contributed by atoms with van der Waals surface area (Å²) < 4.78 is 0. The number of aryl methyl sites for hydroxylation is 1. The molecule has 0 aromatic carbocycles. The van der Waals surface area contributed by atoms with Crippen molar-refractivity contribution in [1.29, 1.82) is 0 Å². The molecular weight excluding hydrogens is 258 g/mol. The van der Waals surface area contributed by atoms with Gasteiger partial charge in [-0.2, -0.15) is 10.2 Å². The van der Waals surface area contributed by atoms with E-state index in [1.54, 1.807) is 13.0 Å². The number of rotatable bonds is 4. The van der Waals surface area contributed by atoms with Crippen molar-refractivity contribution in [2.45, 2.75) is 45.1 Å². The fraction of sp³-hybridized carbons (Fsp3) is 0.571. The average Bonchev–Trinajstić information content (AvgIpc) is 2.45. The number of aliphatic carboxylic acids is 1. The quantitative estimate of drug-likeness (QED) is 0.904. The van der Waals surface area contributed by atoms with Gasteiger partial charge in [0.25, 0.3) is 5.91 Å². The van der Waals surface area contributed by atoms with E-state index in [4.69, 9.17) is 5.11 Å². The van der Waals surface area contributed by atoms with Gasteiger partial charge in [0.2, 0.25) is 0 Å². The Kier molecular flexibility index (Phi) is 4.65. The van der Waals surface area contributed by atoms with Gasteiger partial charge in [-0.3, -0.25) is 9.59 Å². The first kappa shape index (κ1) is 14.4. The SMILES string of the molecule is Cc1cc(C(=O)N(CC(=O)O)C2CCCCC2)cnn1. The first-order chi connectivity index (χ1) is 9.58. The lowest BCUT2D eigenvalue weighted by Gasteiger charge is -2.33. The Hall–Kier alpha value is -1.98. The number of carboxylic acids is 1. The molecule has 6 nitrogen and oxygen atoms in total. The fourth-order valence-electron chi connectivity index (χ4n) is 2.66. The lowest BCUT2D eigenvalue weighted by molar-refractivity contribution is -0.138. The molecule has 0 radical (unpaired) electrons. The van der Waals surface area contributed by atoms with Crippen molar-refractivity contribution in [1.82, 2.24) is 15.1 Å². The van der Waals surface area contributed by atoms with E-state index in [-0.39, 0.29) is 18.5 Å². The molecule has 1 aromatic heterocycles. The van der Waals surface area contributed by atoms with Gasteiger partial charge in [-0.05, 0) is 25.8 Å². The van der Waals surface area contributed by atoms with Gasteiger partial charge < -0.3 is 10.0 Å². The minimum atomic E-state index is -0.984. The van der Waals surface area contributed by atoms with Gasteiger partial charge in [-0.1, -0.05) is 19.3 Å². The third-order valence-corrected chi connectivity index (χ3v) is 3.61. The number of carbonyl (C=O) groups excluding carboxylic acids is 1. The lowest BCUT2D eigenvalue weighted by Crippen LogP contribution is -2.44. The predicted molar refractivity (Wildman–Crippen MR) is 72.3 cm³/mol. The monoisotopic (exact) mass is 277 g/mol. The molecule has 1 amide bonds. The van der Waals surface area contributed by atoms with Gasteiger partial charge in [0.05, 0.1) is 17.5 Å². The highest BCUT2D eigenvalue weighted by Crippen LogP contribution is 2.23. The minimum absolute atomic E-state index is 0.0146. The van der Waals surface area contributed by atoms with Crippen molar-refractivity contribution in [2.75, 3.05) is 6.54 Å². The molecule has 0 atom stereocenters. The van der Waals surface area contributed by atoms with Gasteiger partial charge in [-0.25, -0.2) is 0 Å². The largest absolute Gasteiger partial charge is 0.480 e. The molecule has 0 spiro atoms. The van der Waals surface area contributed by atoms with E-state index in [0.29, 0.717) is 11.3 Å². The van der Waals surface area contributed by atoms with Crippen LogP contribution in [0, 0.1) is 6.92 Å². The molecule has 6 heteroatoms. The van der Waals surface area contributed by atoms with E-state index in [0.717, 1.165) is 32.1 Å². The molecule has 0 saturated heterocycles. The molecule has 1 aromatic rings. The summed E-state index contributed by atoms with van der Waals surface area (Å²) >= 11 is 0. The maximum Gasteiger partial charge on any atom is 0.323 e. The second-order valence-electron chi connectivity index (χ2n) is 5.20. The maximum atomic E-state index is 12.5. The highest BCUT2D eigenvalue weighted by molar-refractivity contribution is 5.95. The van der Waals surface area contributed by atoms with E-state index in [1.165, 1.54) is 11.1 Å². The van der Waals surface area contributed by atoms with E-state index in [9.17, 15) is 9.59 Å². The van der Waals surface area contributed by atoms with E-state index in [1.807, 2.05) is 0 Å². The molecule has 0 unspecified atom stereocenters. The number of carboxylic acid groups (broad SMARTS) is 1. The van der Waals surface area contributed by atoms with Crippen LogP contribution in [0.3, 0.4) is 0 Å². The van der Waals surface area contributed by atoms with Gasteiger partial charge in [0.15, 0.2) is 0 Å². The van der Waals surface area contributed by atoms with Gasteiger partial charge in [-0.15, -0.1) is 0 Å². The zero-order chi connectivity index (χ0) is 14.5. The summed E-state index contributed by atoms with van der Waals surface area (Å²) in [6.45, 7) is 1.50. The van der Waals surface area contributed by atoms with Crippen LogP contribution < -0.4 is 0 Å². The third kappa shape index (κ3) is 3.53. The van der Waals surface area contributed by atoms with Crippen molar-refractivity contribution in [3.63, 3.8) is 0 Å². The zero-order valence-electron chi connectivity index (χ0n) is 11.6. The van der Waals surface area contributed by atoms with Crippen LogP contribution in [-0.4, -0.2) is 44.7 Å². The van der Waals surface area contributed by atoms with E-state index in [2.05, 4.69) is 10.2 Å². The fourth-order valence-corrected chi connectivity index (χ4v) is 2.66. The zero-order valence-corrected chi connectivity index (χ0v) is 11.6. The summed E-state index contributed by atoms with van der Waals surface area (Å²) in [5, 5.41) is 16.6. The smallest absolute Gasteiger partial charge is 0.323 e. The molecule has 108 valence electrons. The Morgan fingerprint density at radius 1 is 1.35 bits per heavy atom. The Balaban J connectivity index is 2.20. The van der Waals surface area contributed by atoms with Crippen LogP contribution in [-0.2, 0) is 4.79 Å². The van der Waals surface area contributed by atoms with Crippen LogP contribution in [0.1, 0.15) is 48.2 Å². The van der Waals surface area contributed by atoms with Crippen LogP contribution in [0.4, 0.5) is 0 Å². The Labute approximate surface area is 117 Å². The maximum absolute atomic E-state index is 12.5. The number of carbonyl (C=O) groups is 2. The highest BCUT2D eigenvalue weighted by atomic mass is 16.4. The van der Waals surface area contributed by atoms with Crippen molar-refractivity contribution >= 4 is 11.9 Å². The third-order valence-electron chi connectivity index (χ3n) is 3.61. The van der Waals surface area contributed by atoms with Crippen molar-refractivity contribution in [3.05, 3.63) is 23.5 Å². The van der Waals surface area contributed by atoms with Gasteiger partial charge in [0.1, 0.15) is 6.54 Å². The summed E-state index contributed by atoms with van der Waals surface area (Å²) in [6, 6.07) is 1.66. The number of nitrogens with zero attached hydrogens (tertiary/aromatic N) is 3. The Morgan fingerprint density at radius 2 is 2.05 bits per heavy atom. The molecular formula is C14H19N3O3. The van der Waals surface area contributed by atoms with Crippen LogP contribution in [0.5, 0.6) is 0 Å². The first-order valence-electron chi connectivity index (χ1n) is 6.90. The summed E-state index contributed by atoms with van der Waals surface area (Å²) in [7, 11) is 0. The standard InChI is InChI=1S/C14H19N3O3/c1-10-7-11(8-15-16-10)14(20)17(9-13(18)19)12-5-3-2-4-6-12/h7-8,12H,2-6,9H2,1H3,(H,18,19). The molecule has 0 bridgehead atoms. The van der Waals surface area contributed by atoms with Crippen LogP contribution in [0.2, 0.25) is 0 Å². The molecule has 1 fully saturated rings. The molecule has 1 saturated carbocycles. The van der Waals surface area contributed by atoms with Crippen LogP contribution in [0.15, 0.2) is 12.3 Å². The minimum Gasteiger partial charge on any atom is -0.480 e. The second-order valence-corrected chi connectivity index (χ2v) is 5.20. The number of aromatic nitrogens is 2. The molecule has 1 aliphatic rings. The molecule has 2 rings (SSSR count). The molecule has 1 N–H and O–H groups in total. The molecule has 1 heterocycles. The van der Waals surface area contributed by atoms with Crippen LogP contribution >= 0.6 is 0 Å². The normalized spacial score (nSPS) is 15.8. The first-order valence-corrected chi connectivity index (χ1v) is 6.90. The van der Waals surface area contributed by atoms with Gasteiger partial charge in [0, 0.05) is 6.04 Å². The summed E-state index contributed by atoms with van der Waals surface area (Å²) in [5.41, 5.74) is 1.05. The van der Waals surface area contributed by atoms with Gasteiger partial charge >= 0.3 is 5.97 Å². The van der Waals surface area contributed by atoms with Crippen molar-refractivity contribution in [2.24, 2.45) is 0 Å². The van der Waals surface area contributed by atoms with E-state index >= 15 is 0 Å². The molecule has 1 aliphatic carbocycles. The summed E-state index contributed by atoms with van der Waals surface area (Å²) in [6.07, 6.45) is 6.38. The van der Waals surface area contributed by atoms with E-state index < -0.39 is 5.97 Å². The Morgan fingerprint density at radius 3 is 2.65 bits per heavy atom. The predicted octanol–water partition coefficient (Wildman–Crippen LogP) is 1.64. The van der Waals surface area contributed by atoms with Crippen molar-refractivity contribution in [3.8, 4) is 0 Å². The number of amides is 1. The summed E-state index contributed by atoms with van der Waals surface area (Å²) in [5.74, 6) is -1.25. The summed E-state index contributed by atoms with van der Waals surface area (Å²) in [4.78, 5) is 25.0. The number of hydrogen-bond donors (Lipinski definition) is 1. The number of hydrogen-bond acceptors (Lipinski definition) is 4. The lowest BCUT2D eigenvalue weighted by atomic mass is 9.93. The molecule has 0 aliphatic heterocycles. The average molecular weight is 277 g/mol. The van der Waals surface area contributed by atoms with Crippen molar-refractivity contribution < 1.29 is 14.7 Å². The second kappa shape index (κ2) is 6.45. The topological polar surface area (TPSA) is 83.4 Å². The Bertz CT molecular complexity index is 498. The molecule has 20 heavy (non-hydrogen) atoms. The van der Waals surface area contributed by atoms with Crippen LogP contribution in [0.25, 0.3) is 0 Å². The highest BCUT2D eigenvalue weighted by Gasteiger charge is 2.28.